The van der Waals surface area contributed by atoms with Gasteiger partial charge in [-0.1, -0.05) is 24.3 Å². The molecule has 1 aromatic carbocycles. The van der Waals surface area contributed by atoms with Crippen LogP contribution in [0.25, 0.3) is 0 Å². The van der Waals surface area contributed by atoms with Crippen LogP contribution in [0.5, 0.6) is 17.6 Å². The monoisotopic (exact) mass is 471 g/mol. The molecule has 1 aliphatic carbocycles. The summed E-state index contributed by atoms with van der Waals surface area (Å²) >= 11 is 0. The minimum absolute atomic E-state index is 0.0748. The number of aromatic nitrogens is 2. The molecule has 1 fully saturated rings. The molecule has 1 heterocycles. The van der Waals surface area contributed by atoms with Crippen molar-refractivity contribution in [3.63, 3.8) is 0 Å². The second-order valence-corrected chi connectivity index (χ2v) is 9.12. The standard InChI is InChI=1S/C20H20F3N3O5S/c1-32(28,29)10-9-16(13-7-8-13)25-17(27)15-11-24-19(30-12-20(21,22)23)26-18(15)31-14-5-3-2-4-6-14/h2-6,9-11,13,16H,7-8,12H2,1H3,(H,25,27)/b10-9+. The van der Waals surface area contributed by atoms with Crippen LogP contribution in [0.4, 0.5) is 13.2 Å². The number of carbonyl (C=O) groups is 1. The summed E-state index contributed by atoms with van der Waals surface area (Å²) in [5, 5.41) is 3.71. The lowest BCUT2D eigenvalue weighted by atomic mass is 10.1. The molecule has 0 aliphatic heterocycles. The molecule has 1 atom stereocenters. The van der Waals surface area contributed by atoms with Crippen molar-refractivity contribution in [3.05, 3.63) is 53.6 Å². The predicted octanol–water partition coefficient (Wildman–Crippen LogP) is 3.28. The molecule has 1 unspecified atom stereocenters. The van der Waals surface area contributed by atoms with Crippen molar-refractivity contribution in [2.45, 2.75) is 25.1 Å². The van der Waals surface area contributed by atoms with Crippen LogP contribution in [0.3, 0.4) is 0 Å². The Morgan fingerprint density at radius 1 is 1.28 bits per heavy atom. The van der Waals surface area contributed by atoms with Crippen molar-refractivity contribution < 1.29 is 35.9 Å². The average molecular weight is 471 g/mol. The van der Waals surface area contributed by atoms with Crippen molar-refractivity contribution in [1.29, 1.82) is 0 Å². The Balaban J connectivity index is 1.85. The number of ether oxygens (including phenoxy) is 2. The van der Waals surface area contributed by atoms with Gasteiger partial charge in [-0.05, 0) is 30.9 Å². The lowest BCUT2D eigenvalue weighted by Gasteiger charge is -2.16. The van der Waals surface area contributed by atoms with Crippen LogP contribution in [-0.2, 0) is 9.84 Å². The Labute approximate surface area is 182 Å². The molecular formula is C20H20F3N3O5S. The zero-order valence-corrected chi connectivity index (χ0v) is 17.7. The number of halogens is 3. The molecule has 0 radical (unpaired) electrons. The van der Waals surface area contributed by atoms with Gasteiger partial charge in [0.1, 0.15) is 11.3 Å². The highest BCUT2D eigenvalue weighted by Crippen LogP contribution is 2.34. The van der Waals surface area contributed by atoms with Crippen LogP contribution in [-0.4, -0.2) is 49.4 Å². The van der Waals surface area contributed by atoms with Gasteiger partial charge >= 0.3 is 12.2 Å². The Morgan fingerprint density at radius 3 is 2.56 bits per heavy atom. The van der Waals surface area contributed by atoms with Crippen molar-refractivity contribution in [3.8, 4) is 17.6 Å². The molecule has 8 nitrogen and oxygen atoms in total. The van der Waals surface area contributed by atoms with Crippen LogP contribution >= 0.6 is 0 Å². The maximum atomic E-state index is 12.9. The van der Waals surface area contributed by atoms with E-state index in [1.807, 2.05) is 0 Å². The second-order valence-electron chi connectivity index (χ2n) is 7.19. The van der Waals surface area contributed by atoms with E-state index in [1.54, 1.807) is 30.3 Å². The lowest BCUT2D eigenvalue weighted by Crippen LogP contribution is -2.35. The first kappa shape index (κ1) is 23.5. The summed E-state index contributed by atoms with van der Waals surface area (Å²) in [6.45, 7) is -1.61. The fourth-order valence-electron chi connectivity index (χ4n) is 2.64. The van der Waals surface area contributed by atoms with Gasteiger partial charge < -0.3 is 14.8 Å². The SMILES string of the molecule is CS(=O)(=O)/C=C/C(NC(=O)c1cnc(OCC(F)(F)F)nc1Oc1ccccc1)C1CC1. The Morgan fingerprint density at radius 2 is 1.97 bits per heavy atom. The summed E-state index contributed by atoms with van der Waals surface area (Å²) < 4.78 is 70.4. The number of benzene rings is 1. The largest absolute Gasteiger partial charge is 0.454 e. The molecule has 12 heteroatoms. The Hall–Kier alpha value is -3.15. The zero-order valence-electron chi connectivity index (χ0n) is 16.9. The fourth-order valence-corrected chi connectivity index (χ4v) is 3.09. The topological polar surface area (TPSA) is 107 Å². The number of nitrogens with one attached hydrogen (secondary N) is 1. The molecular weight excluding hydrogens is 451 g/mol. The molecule has 0 bridgehead atoms. The molecule has 0 saturated heterocycles. The van der Waals surface area contributed by atoms with Gasteiger partial charge in [0, 0.05) is 11.7 Å². The first-order chi connectivity index (χ1) is 15.0. The van der Waals surface area contributed by atoms with E-state index in [0.29, 0.717) is 0 Å². The van der Waals surface area contributed by atoms with E-state index in [9.17, 15) is 26.4 Å². The van der Waals surface area contributed by atoms with E-state index in [0.717, 1.165) is 30.7 Å². The third kappa shape index (κ3) is 7.52. The normalized spacial score (nSPS) is 15.4. The van der Waals surface area contributed by atoms with Crippen LogP contribution in [0.1, 0.15) is 23.2 Å². The molecule has 2 aromatic rings. The maximum Gasteiger partial charge on any atom is 0.422 e. The molecule has 1 aliphatic rings. The van der Waals surface area contributed by atoms with Crippen LogP contribution < -0.4 is 14.8 Å². The summed E-state index contributed by atoms with van der Waals surface area (Å²) in [6.07, 6.45) is 0.457. The third-order valence-corrected chi connectivity index (χ3v) is 4.91. The van der Waals surface area contributed by atoms with Gasteiger partial charge in [0.05, 0.1) is 12.2 Å². The van der Waals surface area contributed by atoms with Crippen LogP contribution in [0.15, 0.2) is 48.0 Å². The number of alkyl halides is 3. The fraction of sp³-hybridized carbons (Fsp3) is 0.350. The van der Waals surface area contributed by atoms with Crippen molar-refractivity contribution in [2.75, 3.05) is 12.9 Å². The Bertz CT molecular complexity index is 1090. The Kier molecular flexibility index (Phi) is 7.02. The molecule has 1 saturated carbocycles. The summed E-state index contributed by atoms with van der Waals surface area (Å²) in [7, 11) is -3.39. The number of hydrogen-bond donors (Lipinski definition) is 1. The van der Waals surface area contributed by atoms with Gasteiger partial charge in [0.25, 0.3) is 5.91 Å². The summed E-state index contributed by atoms with van der Waals surface area (Å²) in [5.74, 6) is -0.612. The maximum absolute atomic E-state index is 12.9. The number of carbonyl (C=O) groups excluding carboxylic acids is 1. The first-order valence-electron chi connectivity index (χ1n) is 9.49. The van der Waals surface area contributed by atoms with E-state index in [2.05, 4.69) is 20.0 Å². The van der Waals surface area contributed by atoms with E-state index >= 15 is 0 Å². The van der Waals surface area contributed by atoms with Crippen molar-refractivity contribution >= 4 is 15.7 Å². The van der Waals surface area contributed by atoms with Gasteiger partial charge in [-0.3, -0.25) is 4.79 Å². The van der Waals surface area contributed by atoms with Gasteiger partial charge in [0.15, 0.2) is 16.4 Å². The van der Waals surface area contributed by atoms with Gasteiger partial charge in [-0.15, -0.1) is 0 Å². The van der Waals surface area contributed by atoms with E-state index in [1.165, 1.54) is 6.08 Å². The molecule has 1 aromatic heterocycles. The predicted molar refractivity (Wildman–Crippen MR) is 108 cm³/mol. The average Bonchev–Trinajstić information content (AvgIpc) is 3.54. The smallest absolute Gasteiger partial charge is 0.422 e. The van der Waals surface area contributed by atoms with E-state index in [4.69, 9.17) is 4.74 Å². The number of rotatable bonds is 9. The second kappa shape index (κ2) is 9.55. The number of nitrogens with zero attached hydrogens (tertiary/aromatic N) is 2. The first-order valence-corrected chi connectivity index (χ1v) is 11.4. The number of para-hydroxylation sites is 1. The van der Waals surface area contributed by atoms with Crippen LogP contribution in [0.2, 0.25) is 0 Å². The molecule has 3 rings (SSSR count). The highest BCUT2D eigenvalue weighted by molar-refractivity contribution is 7.93. The highest BCUT2D eigenvalue weighted by atomic mass is 32.2. The van der Waals surface area contributed by atoms with Gasteiger partial charge in [-0.2, -0.15) is 18.2 Å². The van der Waals surface area contributed by atoms with Gasteiger partial charge in [0.2, 0.25) is 5.88 Å². The van der Waals surface area contributed by atoms with Crippen molar-refractivity contribution in [1.82, 2.24) is 15.3 Å². The van der Waals surface area contributed by atoms with E-state index in [-0.39, 0.29) is 23.1 Å². The van der Waals surface area contributed by atoms with Crippen LogP contribution in [0, 0.1) is 5.92 Å². The number of hydrogen-bond acceptors (Lipinski definition) is 7. The van der Waals surface area contributed by atoms with Gasteiger partial charge in [-0.25, -0.2) is 13.4 Å². The molecule has 1 amide bonds. The third-order valence-electron chi connectivity index (χ3n) is 4.26. The number of sulfone groups is 1. The molecule has 0 spiro atoms. The summed E-state index contributed by atoms with van der Waals surface area (Å²) in [4.78, 5) is 20.4. The quantitative estimate of drug-likeness (QED) is 0.598. The summed E-state index contributed by atoms with van der Waals surface area (Å²) in [6, 6.07) is 7.03. The molecule has 172 valence electrons. The molecule has 32 heavy (non-hydrogen) atoms. The number of amides is 1. The minimum Gasteiger partial charge on any atom is -0.454 e. The minimum atomic E-state index is -4.59. The zero-order chi connectivity index (χ0) is 23.4. The highest BCUT2D eigenvalue weighted by Gasteiger charge is 2.32. The lowest BCUT2D eigenvalue weighted by molar-refractivity contribution is -0.154. The van der Waals surface area contributed by atoms with E-state index < -0.39 is 40.6 Å². The van der Waals surface area contributed by atoms with Crippen molar-refractivity contribution in [2.24, 2.45) is 5.92 Å². The molecule has 1 N–H and O–H groups in total. The summed E-state index contributed by atoms with van der Waals surface area (Å²) in [5.41, 5.74) is -0.147.